The molecule has 1 aliphatic rings. The van der Waals surface area contributed by atoms with E-state index in [0.717, 1.165) is 25.7 Å². The van der Waals surface area contributed by atoms with Crippen molar-refractivity contribution in [3.8, 4) is 0 Å². The molecule has 0 N–H and O–H groups in total. The first kappa shape index (κ1) is 13.6. The lowest BCUT2D eigenvalue weighted by Crippen LogP contribution is -2.39. The van der Waals surface area contributed by atoms with Crippen molar-refractivity contribution < 1.29 is 8.42 Å². The van der Waals surface area contributed by atoms with Crippen LogP contribution < -0.4 is 0 Å². The molecule has 4 heteroatoms. The highest BCUT2D eigenvalue weighted by molar-refractivity contribution is 7.88. The van der Waals surface area contributed by atoms with Crippen LogP contribution in [0.25, 0.3) is 0 Å². The third kappa shape index (κ3) is 3.82. The van der Waals surface area contributed by atoms with Crippen molar-refractivity contribution in [1.29, 1.82) is 0 Å². The van der Waals surface area contributed by atoms with Gasteiger partial charge in [0.25, 0.3) is 0 Å². The average Bonchev–Trinajstić information content (AvgIpc) is 2.37. The zero-order chi connectivity index (χ0) is 13.0. The van der Waals surface area contributed by atoms with E-state index in [1.54, 1.807) is 4.31 Å². The van der Waals surface area contributed by atoms with Gasteiger partial charge in [0.2, 0.25) is 10.0 Å². The van der Waals surface area contributed by atoms with Crippen LogP contribution in [0.15, 0.2) is 30.3 Å². The molecular formula is C14H21NO2S. The van der Waals surface area contributed by atoms with Crippen molar-refractivity contribution in [3.63, 3.8) is 0 Å². The van der Waals surface area contributed by atoms with Gasteiger partial charge in [-0.1, -0.05) is 30.3 Å². The van der Waals surface area contributed by atoms with Crippen molar-refractivity contribution in [1.82, 2.24) is 4.31 Å². The first-order chi connectivity index (χ1) is 8.55. The third-order valence-corrected chi connectivity index (χ3v) is 4.90. The summed E-state index contributed by atoms with van der Waals surface area (Å²) in [6, 6.07) is 10.4. The molecule has 1 heterocycles. The van der Waals surface area contributed by atoms with Crippen LogP contribution in [-0.2, 0) is 16.4 Å². The van der Waals surface area contributed by atoms with Crippen LogP contribution in [0.2, 0.25) is 0 Å². The van der Waals surface area contributed by atoms with Gasteiger partial charge in [-0.05, 0) is 37.2 Å². The summed E-state index contributed by atoms with van der Waals surface area (Å²) < 4.78 is 24.7. The van der Waals surface area contributed by atoms with Crippen molar-refractivity contribution in [2.75, 3.05) is 19.3 Å². The van der Waals surface area contributed by atoms with E-state index in [1.165, 1.54) is 11.8 Å². The summed E-state index contributed by atoms with van der Waals surface area (Å²) in [6.45, 7) is 1.40. The molecule has 0 bridgehead atoms. The molecule has 1 fully saturated rings. The Kier molecular flexibility index (Phi) is 4.40. The molecule has 0 unspecified atom stereocenters. The molecule has 0 aliphatic carbocycles. The Morgan fingerprint density at radius 1 is 1.28 bits per heavy atom. The minimum Gasteiger partial charge on any atom is -0.213 e. The summed E-state index contributed by atoms with van der Waals surface area (Å²) >= 11 is 0. The van der Waals surface area contributed by atoms with Crippen LogP contribution >= 0.6 is 0 Å². The van der Waals surface area contributed by atoms with Gasteiger partial charge in [0.15, 0.2) is 0 Å². The number of hydrogen-bond donors (Lipinski definition) is 0. The van der Waals surface area contributed by atoms with Gasteiger partial charge in [-0.25, -0.2) is 12.7 Å². The highest BCUT2D eigenvalue weighted by Crippen LogP contribution is 2.22. The fraction of sp³-hybridized carbons (Fsp3) is 0.571. The first-order valence-electron chi connectivity index (χ1n) is 6.55. The average molecular weight is 267 g/mol. The van der Waals surface area contributed by atoms with E-state index < -0.39 is 10.0 Å². The van der Waals surface area contributed by atoms with Crippen molar-refractivity contribution >= 4 is 10.0 Å². The molecule has 0 saturated carbocycles. The van der Waals surface area contributed by atoms with Crippen LogP contribution in [-0.4, -0.2) is 32.1 Å². The molecule has 1 atom stereocenters. The number of sulfonamides is 1. The van der Waals surface area contributed by atoms with E-state index in [4.69, 9.17) is 0 Å². The van der Waals surface area contributed by atoms with Gasteiger partial charge >= 0.3 is 0 Å². The van der Waals surface area contributed by atoms with Gasteiger partial charge in [-0.2, -0.15) is 0 Å². The first-order valence-corrected chi connectivity index (χ1v) is 8.39. The van der Waals surface area contributed by atoms with E-state index >= 15 is 0 Å². The molecule has 0 amide bonds. The lowest BCUT2D eigenvalue weighted by molar-refractivity contribution is 0.257. The predicted molar refractivity (Wildman–Crippen MR) is 73.9 cm³/mol. The quantitative estimate of drug-likeness (QED) is 0.839. The molecule has 1 aromatic rings. The number of hydrogen-bond acceptors (Lipinski definition) is 2. The predicted octanol–water partition coefficient (Wildman–Crippen LogP) is 2.29. The molecule has 0 spiro atoms. The number of nitrogens with zero attached hydrogens (tertiary/aromatic N) is 1. The van der Waals surface area contributed by atoms with Crippen molar-refractivity contribution in [2.45, 2.75) is 25.7 Å². The Labute approximate surface area is 110 Å². The fourth-order valence-electron chi connectivity index (χ4n) is 2.58. The maximum atomic E-state index is 11.5. The van der Waals surface area contributed by atoms with E-state index in [9.17, 15) is 8.42 Å². The molecule has 1 saturated heterocycles. The van der Waals surface area contributed by atoms with Crippen LogP contribution in [0.4, 0.5) is 0 Å². The van der Waals surface area contributed by atoms with Gasteiger partial charge in [-0.15, -0.1) is 0 Å². The second kappa shape index (κ2) is 5.85. The molecule has 2 rings (SSSR count). The van der Waals surface area contributed by atoms with Crippen LogP contribution in [0.3, 0.4) is 0 Å². The summed E-state index contributed by atoms with van der Waals surface area (Å²) in [5.74, 6) is 0.508. The van der Waals surface area contributed by atoms with E-state index in [0.29, 0.717) is 19.0 Å². The smallest absolute Gasteiger partial charge is 0.211 e. The maximum absolute atomic E-state index is 11.5. The second-order valence-electron chi connectivity index (χ2n) is 5.15. The molecule has 18 heavy (non-hydrogen) atoms. The monoisotopic (exact) mass is 267 g/mol. The van der Waals surface area contributed by atoms with Crippen molar-refractivity contribution in [2.24, 2.45) is 5.92 Å². The number of aryl methyl sites for hydroxylation is 1. The second-order valence-corrected chi connectivity index (χ2v) is 7.14. The van der Waals surface area contributed by atoms with Crippen molar-refractivity contribution in [3.05, 3.63) is 35.9 Å². The maximum Gasteiger partial charge on any atom is 0.211 e. The molecule has 1 aliphatic heterocycles. The Morgan fingerprint density at radius 2 is 2.00 bits per heavy atom. The van der Waals surface area contributed by atoms with E-state index in [-0.39, 0.29) is 0 Å². The summed E-state index contributed by atoms with van der Waals surface area (Å²) in [6.07, 6.45) is 5.58. The molecular weight excluding hydrogens is 246 g/mol. The minimum atomic E-state index is -3.01. The van der Waals surface area contributed by atoms with Gasteiger partial charge in [0.05, 0.1) is 6.26 Å². The molecule has 0 radical (unpaired) electrons. The van der Waals surface area contributed by atoms with Crippen LogP contribution in [0.1, 0.15) is 24.8 Å². The Morgan fingerprint density at radius 3 is 2.67 bits per heavy atom. The molecule has 1 aromatic carbocycles. The number of piperidine rings is 1. The zero-order valence-electron chi connectivity index (χ0n) is 10.9. The Balaban J connectivity index is 1.87. The SMILES string of the molecule is CS(=O)(=O)N1CCC[C@H](CCc2ccccc2)C1. The van der Waals surface area contributed by atoms with Crippen LogP contribution in [0, 0.1) is 5.92 Å². The molecule has 100 valence electrons. The largest absolute Gasteiger partial charge is 0.213 e. The zero-order valence-corrected chi connectivity index (χ0v) is 11.7. The topological polar surface area (TPSA) is 37.4 Å². The summed E-state index contributed by atoms with van der Waals surface area (Å²) in [5.41, 5.74) is 1.34. The number of rotatable bonds is 4. The summed E-state index contributed by atoms with van der Waals surface area (Å²) in [5, 5.41) is 0. The highest BCUT2D eigenvalue weighted by Gasteiger charge is 2.25. The normalized spacial score (nSPS) is 21.9. The lowest BCUT2D eigenvalue weighted by atomic mass is 9.93. The fourth-order valence-corrected chi connectivity index (χ4v) is 3.52. The van der Waals surface area contributed by atoms with E-state index in [2.05, 4.69) is 24.3 Å². The highest BCUT2D eigenvalue weighted by atomic mass is 32.2. The van der Waals surface area contributed by atoms with Crippen LogP contribution in [0.5, 0.6) is 0 Å². The Hall–Kier alpha value is -0.870. The lowest BCUT2D eigenvalue weighted by Gasteiger charge is -2.30. The number of benzene rings is 1. The standard InChI is InChI=1S/C14H21NO2S/c1-18(16,17)15-11-5-8-14(12-15)10-9-13-6-3-2-4-7-13/h2-4,6-7,14H,5,8-12H2,1H3/t14-/m1/s1. The minimum absolute atomic E-state index is 0.508. The van der Waals surface area contributed by atoms with Gasteiger partial charge in [-0.3, -0.25) is 0 Å². The molecule has 0 aromatic heterocycles. The van der Waals surface area contributed by atoms with Gasteiger partial charge < -0.3 is 0 Å². The van der Waals surface area contributed by atoms with Gasteiger partial charge in [0.1, 0.15) is 0 Å². The summed E-state index contributed by atoms with van der Waals surface area (Å²) in [7, 11) is -3.01. The van der Waals surface area contributed by atoms with E-state index in [1.807, 2.05) is 6.07 Å². The summed E-state index contributed by atoms with van der Waals surface area (Å²) in [4.78, 5) is 0. The van der Waals surface area contributed by atoms with Gasteiger partial charge in [0, 0.05) is 13.1 Å². The molecule has 3 nitrogen and oxygen atoms in total. The third-order valence-electron chi connectivity index (χ3n) is 3.63. The Bertz CT molecular complexity index is 470.